The lowest BCUT2D eigenvalue weighted by atomic mass is 10.1. The monoisotopic (exact) mass is 370 g/mol. The van der Waals surface area contributed by atoms with Gasteiger partial charge in [0.2, 0.25) is 0 Å². The predicted octanol–water partition coefficient (Wildman–Crippen LogP) is 2.98. The molecular weight excluding hydrogens is 340 g/mol. The average Bonchev–Trinajstić information content (AvgIpc) is 3.11. The molecule has 1 aromatic heterocycles. The molecule has 0 saturated heterocycles. The lowest BCUT2D eigenvalue weighted by Gasteiger charge is -2.22. The predicted molar refractivity (Wildman–Crippen MR) is 109 cm³/mol. The number of hydrogen-bond acceptors (Lipinski definition) is 3. The number of aryl methyl sites for hydroxylation is 2. The zero-order valence-electron chi connectivity index (χ0n) is 16.7. The highest BCUT2D eigenvalue weighted by atomic mass is 16.3. The molecule has 0 spiro atoms. The second kappa shape index (κ2) is 10.4. The topological polar surface area (TPSA) is 69.9 Å². The second-order valence-electron chi connectivity index (χ2n) is 6.54. The van der Waals surface area contributed by atoms with Gasteiger partial charge in [0.05, 0.1) is 6.26 Å². The quantitative estimate of drug-likeness (QED) is 0.426. The summed E-state index contributed by atoms with van der Waals surface area (Å²) < 4.78 is 5.19. The van der Waals surface area contributed by atoms with Crippen molar-refractivity contribution in [2.24, 2.45) is 4.99 Å². The number of nitrogens with one attached hydrogen (secondary N) is 2. The van der Waals surface area contributed by atoms with E-state index in [2.05, 4.69) is 51.7 Å². The van der Waals surface area contributed by atoms with Crippen molar-refractivity contribution in [1.29, 1.82) is 0 Å². The van der Waals surface area contributed by atoms with E-state index in [9.17, 15) is 4.79 Å². The average molecular weight is 370 g/mol. The van der Waals surface area contributed by atoms with Crippen LogP contribution in [0.15, 0.2) is 46.0 Å². The van der Waals surface area contributed by atoms with E-state index in [0.29, 0.717) is 12.3 Å². The van der Waals surface area contributed by atoms with Gasteiger partial charge in [0.1, 0.15) is 0 Å². The molecule has 2 aromatic rings. The molecule has 0 aliphatic carbocycles. The Morgan fingerprint density at radius 2 is 1.78 bits per heavy atom. The number of guanidine groups is 1. The molecule has 0 saturated carbocycles. The summed E-state index contributed by atoms with van der Waals surface area (Å²) in [7, 11) is 3.80. The van der Waals surface area contributed by atoms with Crippen molar-refractivity contribution in [3.05, 3.63) is 59.0 Å². The molecule has 1 amide bonds. The van der Waals surface area contributed by atoms with Crippen molar-refractivity contribution in [3.8, 4) is 0 Å². The summed E-state index contributed by atoms with van der Waals surface area (Å²) in [5.74, 6) is 1.05. The molecule has 0 aliphatic rings. The van der Waals surface area contributed by atoms with Gasteiger partial charge in [0, 0.05) is 39.3 Å². The van der Waals surface area contributed by atoms with E-state index in [1.807, 2.05) is 14.0 Å². The van der Waals surface area contributed by atoms with Gasteiger partial charge in [-0.05, 0) is 37.0 Å². The van der Waals surface area contributed by atoms with Crippen LogP contribution in [0.3, 0.4) is 0 Å². The number of rotatable bonds is 8. The van der Waals surface area contributed by atoms with Crippen molar-refractivity contribution in [2.45, 2.75) is 33.2 Å². The summed E-state index contributed by atoms with van der Waals surface area (Å²) in [6.45, 7) is 6.10. The Balaban J connectivity index is 1.71. The van der Waals surface area contributed by atoms with Crippen LogP contribution in [-0.2, 0) is 13.0 Å². The van der Waals surface area contributed by atoms with Gasteiger partial charge >= 0.3 is 0 Å². The third kappa shape index (κ3) is 6.16. The number of aliphatic imine (C=N–C) groups is 1. The molecule has 0 radical (unpaired) electrons. The molecule has 27 heavy (non-hydrogen) atoms. The summed E-state index contributed by atoms with van der Waals surface area (Å²) >= 11 is 0. The van der Waals surface area contributed by atoms with E-state index < -0.39 is 0 Å². The Hall–Kier alpha value is -2.76. The number of nitrogens with zero attached hydrogens (tertiary/aromatic N) is 2. The van der Waals surface area contributed by atoms with Crippen LogP contribution in [0.5, 0.6) is 0 Å². The van der Waals surface area contributed by atoms with Crippen LogP contribution >= 0.6 is 0 Å². The highest BCUT2D eigenvalue weighted by Gasteiger charge is 2.11. The van der Waals surface area contributed by atoms with E-state index in [0.717, 1.165) is 37.5 Å². The fourth-order valence-electron chi connectivity index (χ4n) is 2.79. The lowest BCUT2D eigenvalue weighted by Crippen LogP contribution is -2.39. The van der Waals surface area contributed by atoms with Crippen LogP contribution in [0.2, 0.25) is 0 Å². The largest absolute Gasteiger partial charge is 0.459 e. The van der Waals surface area contributed by atoms with Gasteiger partial charge in [-0.15, -0.1) is 0 Å². The van der Waals surface area contributed by atoms with Crippen LogP contribution in [0.4, 0.5) is 0 Å². The summed E-state index contributed by atoms with van der Waals surface area (Å²) in [6.07, 6.45) is 3.38. The lowest BCUT2D eigenvalue weighted by molar-refractivity contribution is 0.0925. The number of carbonyl (C=O) groups is 1. The van der Waals surface area contributed by atoms with E-state index >= 15 is 0 Å². The minimum atomic E-state index is -0.172. The molecule has 2 rings (SSSR count). The molecule has 0 aliphatic heterocycles. The summed E-state index contributed by atoms with van der Waals surface area (Å²) in [6, 6.07) is 10.4. The molecule has 1 heterocycles. The molecule has 0 unspecified atom stereocenters. The molecule has 6 heteroatoms. The van der Waals surface area contributed by atoms with Gasteiger partial charge < -0.3 is 20.0 Å². The summed E-state index contributed by atoms with van der Waals surface area (Å²) in [5, 5.41) is 6.20. The number of benzene rings is 1. The standard InChI is InChI=1S/C21H30N4O2/c1-5-17-7-9-18(10-8-17)15-25(4)21(22-3)24-13-6-12-23-20(26)19-16(2)11-14-27-19/h7-11,14H,5-6,12-13,15H2,1-4H3,(H,22,24)(H,23,26). The van der Waals surface area contributed by atoms with Crippen molar-refractivity contribution < 1.29 is 9.21 Å². The molecular formula is C21H30N4O2. The molecule has 6 nitrogen and oxygen atoms in total. The fourth-order valence-corrected chi connectivity index (χ4v) is 2.79. The van der Waals surface area contributed by atoms with Crippen LogP contribution in [0, 0.1) is 6.92 Å². The van der Waals surface area contributed by atoms with Gasteiger partial charge in [-0.25, -0.2) is 0 Å². The first-order valence-electron chi connectivity index (χ1n) is 9.37. The van der Waals surface area contributed by atoms with Crippen molar-refractivity contribution >= 4 is 11.9 Å². The molecule has 0 fully saturated rings. The Morgan fingerprint density at radius 1 is 1.11 bits per heavy atom. The number of furan rings is 1. The Labute approximate surface area is 161 Å². The number of carbonyl (C=O) groups excluding carboxylic acids is 1. The summed E-state index contributed by atoms with van der Waals surface area (Å²) in [4.78, 5) is 18.4. The minimum absolute atomic E-state index is 0.172. The molecule has 1 aromatic carbocycles. The smallest absolute Gasteiger partial charge is 0.287 e. The molecule has 0 atom stereocenters. The third-order valence-corrected chi connectivity index (χ3v) is 4.41. The molecule has 2 N–H and O–H groups in total. The first-order chi connectivity index (χ1) is 13.0. The van der Waals surface area contributed by atoms with Gasteiger partial charge in [0.15, 0.2) is 11.7 Å². The maximum Gasteiger partial charge on any atom is 0.287 e. The van der Waals surface area contributed by atoms with Gasteiger partial charge in [0.25, 0.3) is 5.91 Å². The second-order valence-corrected chi connectivity index (χ2v) is 6.54. The SMILES string of the molecule is CCc1ccc(CN(C)C(=NC)NCCCNC(=O)c2occc2C)cc1. The van der Waals surface area contributed by atoms with Gasteiger partial charge in [-0.1, -0.05) is 31.2 Å². The number of amides is 1. The maximum atomic E-state index is 12.0. The van der Waals surface area contributed by atoms with E-state index in [1.54, 1.807) is 13.1 Å². The van der Waals surface area contributed by atoms with Crippen LogP contribution in [0.1, 0.15) is 40.6 Å². The van der Waals surface area contributed by atoms with Crippen molar-refractivity contribution in [2.75, 3.05) is 27.2 Å². The van der Waals surface area contributed by atoms with E-state index in [-0.39, 0.29) is 5.91 Å². The van der Waals surface area contributed by atoms with Crippen molar-refractivity contribution in [3.63, 3.8) is 0 Å². The fraction of sp³-hybridized carbons (Fsp3) is 0.429. The van der Waals surface area contributed by atoms with Crippen LogP contribution in [-0.4, -0.2) is 44.0 Å². The van der Waals surface area contributed by atoms with Crippen molar-refractivity contribution in [1.82, 2.24) is 15.5 Å². The minimum Gasteiger partial charge on any atom is -0.459 e. The van der Waals surface area contributed by atoms with E-state index in [1.165, 1.54) is 17.4 Å². The van der Waals surface area contributed by atoms with Gasteiger partial charge in [-0.2, -0.15) is 0 Å². The third-order valence-electron chi connectivity index (χ3n) is 4.41. The summed E-state index contributed by atoms with van der Waals surface area (Å²) in [5.41, 5.74) is 3.44. The Morgan fingerprint density at radius 3 is 2.37 bits per heavy atom. The zero-order valence-corrected chi connectivity index (χ0v) is 16.7. The first kappa shape index (κ1) is 20.6. The highest BCUT2D eigenvalue weighted by Crippen LogP contribution is 2.08. The Kier molecular flexibility index (Phi) is 7.92. The maximum absolute atomic E-state index is 12.0. The van der Waals surface area contributed by atoms with Gasteiger partial charge in [-0.3, -0.25) is 9.79 Å². The number of hydrogen-bond donors (Lipinski definition) is 2. The highest BCUT2D eigenvalue weighted by molar-refractivity contribution is 5.92. The Bertz CT molecular complexity index is 750. The van der Waals surface area contributed by atoms with Crippen LogP contribution in [0.25, 0.3) is 0 Å². The molecule has 146 valence electrons. The first-order valence-corrected chi connectivity index (χ1v) is 9.37. The van der Waals surface area contributed by atoms with E-state index in [4.69, 9.17) is 4.42 Å². The van der Waals surface area contributed by atoms with Crippen LogP contribution < -0.4 is 10.6 Å². The zero-order chi connectivity index (χ0) is 19.6. The normalized spacial score (nSPS) is 11.3. The molecule has 0 bridgehead atoms.